The van der Waals surface area contributed by atoms with Crippen molar-refractivity contribution in [3.8, 4) is 0 Å². The third-order valence-corrected chi connectivity index (χ3v) is 4.19. The van der Waals surface area contributed by atoms with E-state index in [0.29, 0.717) is 6.04 Å². The quantitative estimate of drug-likeness (QED) is 0.919. The fourth-order valence-corrected chi connectivity index (χ4v) is 2.84. The fraction of sp³-hybridized carbons (Fsp3) is 0.625. The number of nitrogens with zero attached hydrogens (tertiary/aromatic N) is 3. The molecular formula is C16H26N4O. The summed E-state index contributed by atoms with van der Waals surface area (Å²) in [5.41, 5.74) is 2.24. The van der Waals surface area contributed by atoms with Crippen LogP contribution in [0.5, 0.6) is 0 Å². The van der Waals surface area contributed by atoms with Gasteiger partial charge in [-0.1, -0.05) is 6.92 Å². The lowest BCUT2D eigenvalue weighted by Gasteiger charge is -2.23. The predicted molar refractivity (Wildman–Crippen MR) is 85.4 cm³/mol. The molecule has 1 N–H and O–H groups in total. The Morgan fingerprint density at radius 1 is 1.33 bits per heavy atom. The van der Waals surface area contributed by atoms with Gasteiger partial charge >= 0.3 is 0 Å². The van der Waals surface area contributed by atoms with Gasteiger partial charge in [0, 0.05) is 39.1 Å². The first-order valence-corrected chi connectivity index (χ1v) is 7.79. The van der Waals surface area contributed by atoms with Crippen LogP contribution in [0.3, 0.4) is 0 Å². The average molecular weight is 290 g/mol. The van der Waals surface area contributed by atoms with Crippen LogP contribution in [0.25, 0.3) is 0 Å². The molecule has 0 saturated carbocycles. The molecule has 0 aromatic carbocycles. The molecule has 5 heteroatoms. The highest BCUT2D eigenvalue weighted by molar-refractivity contribution is 5.73. The Bertz CT molecular complexity index is 456. The van der Waals surface area contributed by atoms with E-state index >= 15 is 0 Å². The minimum absolute atomic E-state index is 0.171. The van der Waals surface area contributed by atoms with E-state index in [0.717, 1.165) is 50.4 Å². The molecule has 0 radical (unpaired) electrons. The summed E-state index contributed by atoms with van der Waals surface area (Å²) in [6, 6.07) is 4.57. The van der Waals surface area contributed by atoms with Gasteiger partial charge in [0.1, 0.15) is 0 Å². The van der Waals surface area contributed by atoms with Crippen LogP contribution in [0.15, 0.2) is 18.3 Å². The molecule has 21 heavy (non-hydrogen) atoms. The number of nitrogens with one attached hydrogen (secondary N) is 1. The Balaban J connectivity index is 2.03. The molecule has 1 saturated heterocycles. The largest absolute Gasteiger partial charge is 0.368 e. The molecule has 2 heterocycles. The molecule has 1 aromatic rings. The van der Waals surface area contributed by atoms with Crippen molar-refractivity contribution >= 4 is 11.6 Å². The molecule has 116 valence electrons. The van der Waals surface area contributed by atoms with Crippen molar-refractivity contribution in [1.29, 1.82) is 0 Å². The lowest BCUT2D eigenvalue weighted by Crippen LogP contribution is -2.33. The Labute approximate surface area is 127 Å². The zero-order valence-corrected chi connectivity index (χ0v) is 13.3. The molecule has 2 rings (SSSR count). The van der Waals surface area contributed by atoms with E-state index in [2.05, 4.69) is 34.3 Å². The van der Waals surface area contributed by atoms with Crippen molar-refractivity contribution < 1.29 is 4.79 Å². The van der Waals surface area contributed by atoms with Crippen LogP contribution in [0.4, 0.5) is 5.69 Å². The zero-order valence-electron chi connectivity index (χ0n) is 13.3. The number of hydrogen-bond acceptors (Lipinski definition) is 4. The maximum Gasteiger partial charge on any atom is 0.219 e. The Morgan fingerprint density at radius 3 is 2.71 bits per heavy atom. The van der Waals surface area contributed by atoms with Gasteiger partial charge in [-0.05, 0) is 32.0 Å². The van der Waals surface area contributed by atoms with E-state index in [9.17, 15) is 4.79 Å². The number of rotatable bonds is 4. The van der Waals surface area contributed by atoms with E-state index in [4.69, 9.17) is 0 Å². The van der Waals surface area contributed by atoms with Gasteiger partial charge in [-0.3, -0.25) is 9.78 Å². The summed E-state index contributed by atoms with van der Waals surface area (Å²) in [5, 5.41) is 3.28. The third-order valence-electron chi connectivity index (χ3n) is 4.19. The van der Waals surface area contributed by atoms with Gasteiger partial charge in [0.25, 0.3) is 0 Å². The summed E-state index contributed by atoms with van der Waals surface area (Å²) in [7, 11) is 1.97. The molecule has 1 atom stereocenters. The van der Waals surface area contributed by atoms with E-state index in [-0.39, 0.29) is 5.91 Å². The lowest BCUT2D eigenvalue weighted by atomic mass is 10.1. The van der Waals surface area contributed by atoms with E-state index in [1.807, 2.05) is 18.1 Å². The summed E-state index contributed by atoms with van der Waals surface area (Å²) >= 11 is 0. The van der Waals surface area contributed by atoms with Crippen LogP contribution in [-0.4, -0.2) is 49.0 Å². The van der Waals surface area contributed by atoms with Crippen LogP contribution in [0.2, 0.25) is 0 Å². The summed E-state index contributed by atoms with van der Waals surface area (Å²) in [6.07, 6.45) is 3.99. The van der Waals surface area contributed by atoms with E-state index in [1.165, 1.54) is 0 Å². The average Bonchev–Trinajstić information content (AvgIpc) is 2.75. The molecule has 1 fully saturated rings. The van der Waals surface area contributed by atoms with Gasteiger partial charge in [-0.15, -0.1) is 0 Å². The molecule has 0 aliphatic carbocycles. The van der Waals surface area contributed by atoms with Crippen molar-refractivity contribution in [2.75, 3.05) is 38.1 Å². The Hall–Kier alpha value is -1.62. The van der Waals surface area contributed by atoms with Crippen LogP contribution in [0, 0.1) is 0 Å². The number of amides is 1. The number of carbonyl (C=O) groups excluding carboxylic acids is 1. The molecule has 1 amide bonds. The SMILES string of the molecule is CCC(NC)c1ccc(N2CCCN(C(C)=O)CC2)cn1. The normalized spacial score (nSPS) is 17.5. The second-order valence-corrected chi connectivity index (χ2v) is 5.54. The molecule has 1 aromatic heterocycles. The van der Waals surface area contributed by atoms with Crippen molar-refractivity contribution in [1.82, 2.24) is 15.2 Å². The Morgan fingerprint density at radius 2 is 2.14 bits per heavy atom. The summed E-state index contributed by atoms with van der Waals surface area (Å²) in [4.78, 5) is 20.3. The van der Waals surface area contributed by atoms with Crippen molar-refractivity contribution in [2.45, 2.75) is 32.7 Å². The third kappa shape index (κ3) is 3.94. The lowest BCUT2D eigenvalue weighted by molar-refractivity contribution is -0.128. The highest BCUT2D eigenvalue weighted by atomic mass is 16.2. The van der Waals surface area contributed by atoms with Gasteiger partial charge < -0.3 is 15.1 Å². The molecule has 1 unspecified atom stereocenters. The van der Waals surface area contributed by atoms with Crippen LogP contribution >= 0.6 is 0 Å². The highest BCUT2D eigenvalue weighted by Crippen LogP contribution is 2.19. The summed E-state index contributed by atoms with van der Waals surface area (Å²) in [5.74, 6) is 0.171. The molecule has 0 spiro atoms. The van der Waals surface area contributed by atoms with Crippen molar-refractivity contribution in [2.24, 2.45) is 0 Å². The molecule has 1 aliphatic heterocycles. The van der Waals surface area contributed by atoms with E-state index in [1.54, 1.807) is 6.92 Å². The maximum absolute atomic E-state index is 11.5. The summed E-state index contributed by atoms with van der Waals surface area (Å²) < 4.78 is 0. The topological polar surface area (TPSA) is 48.5 Å². The van der Waals surface area contributed by atoms with Crippen LogP contribution in [-0.2, 0) is 4.79 Å². The predicted octanol–water partition coefficient (Wildman–Crippen LogP) is 1.81. The fourth-order valence-electron chi connectivity index (χ4n) is 2.84. The molecular weight excluding hydrogens is 264 g/mol. The van der Waals surface area contributed by atoms with Crippen LogP contribution in [0.1, 0.15) is 38.4 Å². The smallest absolute Gasteiger partial charge is 0.219 e. The monoisotopic (exact) mass is 290 g/mol. The highest BCUT2D eigenvalue weighted by Gasteiger charge is 2.17. The first-order valence-electron chi connectivity index (χ1n) is 7.79. The van der Waals surface area contributed by atoms with Gasteiger partial charge in [0.05, 0.1) is 17.6 Å². The first kappa shape index (κ1) is 15.8. The van der Waals surface area contributed by atoms with Crippen molar-refractivity contribution in [3.63, 3.8) is 0 Å². The number of carbonyl (C=O) groups is 1. The minimum Gasteiger partial charge on any atom is -0.368 e. The Kier molecular flexibility index (Phi) is 5.56. The van der Waals surface area contributed by atoms with E-state index < -0.39 is 0 Å². The number of anilines is 1. The number of hydrogen-bond donors (Lipinski definition) is 1. The molecule has 5 nitrogen and oxygen atoms in total. The summed E-state index contributed by atoms with van der Waals surface area (Å²) in [6.45, 7) is 7.31. The second kappa shape index (κ2) is 7.41. The van der Waals surface area contributed by atoms with Crippen molar-refractivity contribution in [3.05, 3.63) is 24.0 Å². The van der Waals surface area contributed by atoms with Gasteiger partial charge in [0.15, 0.2) is 0 Å². The van der Waals surface area contributed by atoms with Crippen LogP contribution < -0.4 is 10.2 Å². The van der Waals surface area contributed by atoms with Gasteiger partial charge in [-0.2, -0.15) is 0 Å². The molecule has 0 bridgehead atoms. The zero-order chi connectivity index (χ0) is 15.2. The minimum atomic E-state index is 0.171. The maximum atomic E-state index is 11.5. The molecule has 1 aliphatic rings. The van der Waals surface area contributed by atoms with Gasteiger partial charge in [-0.25, -0.2) is 0 Å². The number of pyridine rings is 1. The second-order valence-electron chi connectivity index (χ2n) is 5.54. The first-order chi connectivity index (χ1) is 10.2. The van der Waals surface area contributed by atoms with Gasteiger partial charge in [0.2, 0.25) is 5.91 Å². The standard InChI is InChI=1S/C16H26N4O/c1-4-15(17-3)16-7-6-14(12-18-16)20-9-5-8-19(10-11-20)13(2)21/h6-7,12,15,17H,4-5,8-11H2,1-3H3. The number of aromatic nitrogens is 1.